The van der Waals surface area contributed by atoms with Gasteiger partial charge in [0.15, 0.2) is 0 Å². The van der Waals surface area contributed by atoms with Gasteiger partial charge in [0.1, 0.15) is 11.0 Å². The van der Waals surface area contributed by atoms with E-state index in [4.69, 9.17) is 4.74 Å². The summed E-state index contributed by atoms with van der Waals surface area (Å²) in [4.78, 5) is 14.3. The molecule has 1 aliphatic rings. The van der Waals surface area contributed by atoms with Crippen LogP contribution in [0.3, 0.4) is 0 Å². The van der Waals surface area contributed by atoms with Crippen molar-refractivity contribution in [3.8, 4) is 0 Å². The van der Waals surface area contributed by atoms with Crippen LogP contribution in [0.5, 0.6) is 0 Å². The van der Waals surface area contributed by atoms with Crippen molar-refractivity contribution in [1.82, 2.24) is 9.78 Å². The van der Waals surface area contributed by atoms with E-state index < -0.39 is 0 Å². The van der Waals surface area contributed by atoms with E-state index in [9.17, 15) is 4.79 Å². The van der Waals surface area contributed by atoms with Crippen LogP contribution in [0.15, 0.2) is 24.5 Å². The lowest BCUT2D eigenvalue weighted by atomic mass is 10.2. The van der Waals surface area contributed by atoms with Gasteiger partial charge in [-0.05, 0) is 50.3 Å². The highest BCUT2D eigenvalue weighted by Gasteiger charge is 2.32. The number of carbonyl (C=O) groups excluding carboxylic acids is 1. The first-order valence-electron chi connectivity index (χ1n) is 7.48. The largest absolute Gasteiger partial charge is 0.456 e. The molecule has 0 unspecified atom stereocenters. The predicted octanol–water partition coefficient (Wildman–Crippen LogP) is 3.77. The molecule has 2 heterocycles. The second-order valence-electron chi connectivity index (χ2n) is 5.47. The molecule has 1 fully saturated rings. The van der Waals surface area contributed by atoms with Gasteiger partial charge in [-0.15, -0.1) is 11.3 Å². The summed E-state index contributed by atoms with van der Waals surface area (Å²) in [6, 6.07) is 4.06. The Kier molecular flexibility index (Phi) is 4.10. The minimum atomic E-state index is -0.188. The number of hydrogen-bond acceptors (Lipinski definition) is 4. The van der Waals surface area contributed by atoms with Crippen molar-refractivity contribution < 1.29 is 9.53 Å². The fourth-order valence-electron chi connectivity index (χ4n) is 2.99. The van der Waals surface area contributed by atoms with E-state index in [1.54, 1.807) is 6.20 Å². The predicted molar refractivity (Wildman–Crippen MR) is 82.8 cm³/mol. The van der Waals surface area contributed by atoms with E-state index in [0.717, 1.165) is 30.6 Å². The lowest BCUT2D eigenvalue weighted by molar-refractivity contribution is 0.0215. The van der Waals surface area contributed by atoms with E-state index in [2.05, 4.69) is 18.9 Å². The van der Waals surface area contributed by atoms with Gasteiger partial charge in [0, 0.05) is 17.3 Å². The minimum Gasteiger partial charge on any atom is -0.456 e. The standard InChI is InChI=1S/C16H20N2O2S/c1-3-12-10-15(21-11(12)2)16(19)20-14-7-4-6-13(14)18-9-5-8-17-18/h5,8-10,13-14H,3-4,6-7H2,1-2H3/t13-,14-/m1/s1. The lowest BCUT2D eigenvalue weighted by Crippen LogP contribution is -2.25. The van der Waals surface area contributed by atoms with Crippen LogP contribution in [0, 0.1) is 6.92 Å². The lowest BCUT2D eigenvalue weighted by Gasteiger charge is -2.20. The van der Waals surface area contributed by atoms with Crippen molar-refractivity contribution >= 4 is 17.3 Å². The average molecular weight is 304 g/mol. The van der Waals surface area contributed by atoms with Crippen molar-refractivity contribution in [2.75, 3.05) is 0 Å². The fraction of sp³-hybridized carbons (Fsp3) is 0.500. The molecule has 0 saturated heterocycles. The van der Waals surface area contributed by atoms with Crippen molar-refractivity contribution in [3.05, 3.63) is 39.8 Å². The van der Waals surface area contributed by atoms with Crippen molar-refractivity contribution in [3.63, 3.8) is 0 Å². The Bertz CT molecular complexity index is 618. The summed E-state index contributed by atoms with van der Waals surface area (Å²) in [7, 11) is 0. The fourth-order valence-corrected chi connectivity index (χ4v) is 3.99. The molecule has 0 radical (unpaired) electrons. The zero-order valence-electron chi connectivity index (χ0n) is 12.4. The SMILES string of the molecule is CCc1cc(C(=O)O[C@@H]2CCC[C@H]2n2cccn2)sc1C. The summed E-state index contributed by atoms with van der Waals surface area (Å²) >= 11 is 1.53. The quantitative estimate of drug-likeness (QED) is 0.808. The summed E-state index contributed by atoms with van der Waals surface area (Å²) in [6.45, 7) is 4.16. The maximum atomic E-state index is 12.4. The zero-order valence-corrected chi connectivity index (χ0v) is 13.2. The molecule has 2 aromatic rings. The number of rotatable bonds is 4. The third-order valence-corrected chi connectivity index (χ3v) is 5.22. The second-order valence-corrected chi connectivity index (χ2v) is 6.73. The Balaban J connectivity index is 1.71. The maximum absolute atomic E-state index is 12.4. The van der Waals surface area contributed by atoms with Crippen molar-refractivity contribution in [2.45, 2.75) is 51.7 Å². The van der Waals surface area contributed by atoms with E-state index >= 15 is 0 Å². The van der Waals surface area contributed by atoms with Gasteiger partial charge >= 0.3 is 5.97 Å². The van der Waals surface area contributed by atoms with Gasteiger partial charge in [0.05, 0.1) is 6.04 Å². The summed E-state index contributed by atoms with van der Waals surface area (Å²) in [5.41, 5.74) is 1.24. The number of ether oxygens (including phenoxy) is 1. The highest BCUT2D eigenvalue weighted by atomic mass is 32.1. The molecular weight excluding hydrogens is 284 g/mol. The van der Waals surface area contributed by atoms with Crippen LogP contribution in [0.2, 0.25) is 0 Å². The normalized spacial score (nSPS) is 21.6. The molecule has 21 heavy (non-hydrogen) atoms. The molecule has 0 N–H and O–H groups in total. The first kappa shape index (κ1) is 14.3. The van der Waals surface area contributed by atoms with Crippen LogP contribution in [-0.4, -0.2) is 21.9 Å². The average Bonchev–Trinajstić information content (AvgIpc) is 3.17. The maximum Gasteiger partial charge on any atom is 0.348 e. The smallest absolute Gasteiger partial charge is 0.348 e. The third-order valence-electron chi connectivity index (χ3n) is 4.14. The number of thiophene rings is 1. The van der Waals surface area contributed by atoms with Crippen LogP contribution < -0.4 is 0 Å². The Hall–Kier alpha value is -1.62. The van der Waals surface area contributed by atoms with Crippen LogP contribution in [0.1, 0.15) is 52.3 Å². The van der Waals surface area contributed by atoms with Crippen molar-refractivity contribution in [2.24, 2.45) is 0 Å². The number of aryl methyl sites for hydroxylation is 2. The summed E-state index contributed by atoms with van der Waals surface area (Å²) < 4.78 is 7.68. The van der Waals surface area contributed by atoms with E-state index in [1.165, 1.54) is 21.8 Å². The Morgan fingerprint density at radius 1 is 1.52 bits per heavy atom. The van der Waals surface area contributed by atoms with E-state index in [1.807, 2.05) is 23.0 Å². The molecule has 0 bridgehead atoms. The van der Waals surface area contributed by atoms with Gasteiger partial charge in [-0.2, -0.15) is 5.10 Å². The molecule has 2 aromatic heterocycles. The molecule has 112 valence electrons. The molecule has 0 aliphatic heterocycles. The Labute approximate surface area is 128 Å². The van der Waals surface area contributed by atoms with Gasteiger partial charge in [-0.25, -0.2) is 4.79 Å². The van der Waals surface area contributed by atoms with Gasteiger partial charge in [0.2, 0.25) is 0 Å². The molecule has 1 aliphatic carbocycles. The Morgan fingerprint density at radius 2 is 2.38 bits per heavy atom. The topological polar surface area (TPSA) is 44.1 Å². The van der Waals surface area contributed by atoms with Crippen LogP contribution >= 0.6 is 11.3 Å². The van der Waals surface area contributed by atoms with Crippen LogP contribution in [0.4, 0.5) is 0 Å². The van der Waals surface area contributed by atoms with E-state index in [0.29, 0.717) is 0 Å². The van der Waals surface area contributed by atoms with Gasteiger partial charge < -0.3 is 4.74 Å². The highest BCUT2D eigenvalue weighted by molar-refractivity contribution is 7.14. The van der Waals surface area contributed by atoms with Gasteiger partial charge in [0.25, 0.3) is 0 Å². The number of nitrogens with zero attached hydrogens (tertiary/aromatic N) is 2. The molecule has 2 atom stereocenters. The summed E-state index contributed by atoms with van der Waals surface area (Å²) in [5, 5.41) is 4.29. The molecular formula is C16H20N2O2S. The first-order valence-corrected chi connectivity index (χ1v) is 8.30. The molecule has 0 aromatic carbocycles. The molecule has 3 rings (SSSR count). The first-order chi connectivity index (χ1) is 10.2. The van der Waals surface area contributed by atoms with Gasteiger partial charge in [-0.1, -0.05) is 6.92 Å². The second kappa shape index (κ2) is 6.02. The van der Waals surface area contributed by atoms with Gasteiger partial charge in [-0.3, -0.25) is 4.68 Å². The van der Waals surface area contributed by atoms with E-state index in [-0.39, 0.29) is 18.1 Å². The number of esters is 1. The summed E-state index contributed by atoms with van der Waals surface area (Å²) in [5.74, 6) is -0.188. The number of aromatic nitrogens is 2. The Morgan fingerprint density at radius 3 is 3.05 bits per heavy atom. The molecule has 0 spiro atoms. The third kappa shape index (κ3) is 2.88. The highest BCUT2D eigenvalue weighted by Crippen LogP contribution is 2.33. The van der Waals surface area contributed by atoms with Crippen LogP contribution in [-0.2, 0) is 11.2 Å². The molecule has 1 saturated carbocycles. The molecule has 4 nitrogen and oxygen atoms in total. The zero-order chi connectivity index (χ0) is 14.8. The monoisotopic (exact) mass is 304 g/mol. The minimum absolute atomic E-state index is 0.0649. The number of carbonyl (C=O) groups is 1. The molecule has 5 heteroatoms. The molecule has 0 amide bonds. The van der Waals surface area contributed by atoms with Crippen molar-refractivity contribution in [1.29, 1.82) is 0 Å². The van der Waals surface area contributed by atoms with Crippen LogP contribution in [0.25, 0.3) is 0 Å². The number of hydrogen-bond donors (Lipinski definition) is 0. The summed E-state index contributed by atoms with van der Waals surface area (Å²) in [6.07, 6.45) is 7.62.